The summed E-state index contributed by atoms with van der Waals surface area (Å²) in [5.74, 6) is 0.362. The molecule has 2 amide bonds. The van der Waals surface area contributed by atoms with Crippen LogP contribution in [0.5, 0.6) is 0 Å². The van der Waals surface area contributed by atoms with Crippen LogP contribution in [0.25, 0.3) is 11.3 Å². The van der Waals surface area contributed by atoms with Gasteiger partial charge in [0.15, 0.2) is 5.82 Å². The Kier molecular flexibility index (Phi) is 7.15. The van der Waals surface area contributed by atoms with Crippen molar-refractivity contribution < 1.29 is 14.3 Å². The average Bonchev–Trinajstić information content (AvgIpc) is 3.63. The van der Waals surface area contributed by atoms with Gasteiger partial charge in [-0.05, 0) is 31.9 Å². The zero-order chi connectivity index (χ0) is 22.4. The van der Waals surface area contributed by atoms with Gasteiger partial charge in [-0.2, -0.15) is 5.26 Å². The molecule has 0 bridgehead atoms. The normalized spacial score (nSPS) is 13.7. The van der Waals surface area contributed by atoms with Crippen molar-refractivity contribution in [2.24, 2.45) is 5.92 Å². The second kappa shape index (κ2) is 10.00. The molecule has 2 N–H and O–H groups in total. The van der Waals surface area contributed by atoms with E-state index in [0.29, 0.717) is 35.9 Å². The number of aromatic nitrogens is 2. The van der Waals surface area contributed by atoms with E-state index in [1.807, 2.05) is 0 Å². The van der Waals surface area contributed by atoms with E-state index in [-0.39, 0.29) is 17.7 Å². The molecular weight excluding hydrogens is 396 g/mol. The third kappa shape index (κ3) is 5.77. The van der Waals surface area contributed by atoms with Crippen LogP contribution in [0.1, 0.15) is 25.3 Å². The van der Waals surface area contributed by atoms with Crippen LogP contribution in [0.3, 0.4) is 0 Å². The molecule has 9 nitrogen and oxygen atoms in total. The molecule has 3 rings (SSSR count). The first-order valence-corrected chi connectivity index (χ1v) is 10.1. The van der Waals surface area contributed by atoms with E-state index in [9.17, 15) is 14.9 Å². The number of methoxy groups -OCH3 is 1. The van der Waals surface area contributed by atoms with Crippen molar-refractivity contribution in [3.8, 4) is 17.3 Å². The van der Waals surface area contributed by atoms with Gasteiger partial charge in [0.2, 0.25) is 11.8 Å². The van der Waals surface area contributed by atoms with E-state index in [4.69, 9.17) is 4.74 Å². The summed E-state index contributed by atoms with van der Waals surface area (Å²) in [5.41, 5.74) is 2.28. The molecular formula is C22H26N6O3. The predicted molar refractivity (Wildman–Crippen MR) is 116 cm³/mol. The number of nitrogens with one attached hydrogen (secondary N) is 2. The molecule has 1 aliphatic rings. The molecule has 1 aliphatic carbocycles. The monoisotopic (exact) mass is 422 g/mol. The number of anilines is 2. The van der Waals surface area contributed by atoms with Crippen molar-refractivity contribution >= 4 is 23.3 Å². The largest absolute Gasteiger partial charge is 0.383 e. The molecule has 0 unspecified atom stereocenters. The maximum atomic E-state index is 12.6. The van der Waals surface area contributed by atoms with Crippen LogP contribution in [-0.2, 0) is 14.3 Å². The Morgan fingerprint density at radius 3 is 2.71 bits per heavy atom. The first-order valence-electron chi connectivity index (χ1n) is 10.1. The van der Waals surface area contributed by atoms with Crippen LogP contribution in [0.4, 0.5) is 11.5 Å². The Labute approximate surface area is 181 Å². The molecule has 0 aliphatic heterocycles. The Hall–Kier alpha value is -3.51. The third-order valence-corrected chi connectivity index (χ3v) is 5.04. The first-order chi connectivity index (χ1) is 14.9. The zero-order valence-electron chi connectivity index (χ0n) is 17.9. The lowest BCUT2D eigenvalue weighted by atomic mass is 10.1. The predicted octanol–water partition coefficient (Wildman–Crippen LogP) is 2.27. The molecule has 1 atom stereocenters. The smallest absolute Gasteiger partial charge is 0.244 e. The second-order valence-corrected chi connectivity index (χ2v) is 7.54. The van der Waals surface area contributed by atoms with Crippen LogP contribution < -0.4 is 10.6 Å². The number of nitrogens with zero attached hydrogens (tertiary/aromatic N) is 4. The molecule has 1 fully saturated rings. The number of carbonyl (C=O) groups is 2. The minimum Gasteiger partial charge on any atom is -0.383 e. The summed E-state index contributed by atoms with van der Waals surface area (Å²) in [7, 11) is 3.29. The fourth-order valence-electron chi connectivity index (χ4n) is 3.00. The van der Waals surface area contributed by atoms with Gasteiger partial charge < -0.3 is 20.3 Å². The lowest BCUT2D eigenvalue weighted by Crippen LogP contribution is -2.40. The van der Waals surface area contributed by atoms with Crippen molar-refractivity contribution in [1.29, 1.82) is 5.26 Å². The van der Waals surface area contributed by atoms with Crippen LogP contribution in [0.15, 0.2) is 30.6 Å². The molecule has 9 heteroatoms. The molecule has 0 spiro atoms. The van der Waals surface area contributed by atoms with Gasteiger partial charge in [-0.1, -0.05) is 6.07 Å². The van der Waals surface area contributed by atoms with Crippen molar-refractivity contribution in [3.05, 3.63) is 36.2 Å². The quantitative estimate of drug-likeness (QED) is 0.636. The van der Waals surface area contributed by atoms with Crippen molar-refractivity contribution in [2.45, 2.75) is 25.8 Å². The molecule has 1 aromatic carbocycles. The van der Waals surface area contributed by atoms with E-state index in [2.05, 4.69) is 26.7 Å². The van der Waals surface area contributed by atoms with Gasteiger partial charge in [0.25, 0.3) is 0 Å². The lowest BCUT2D eigenvalue weighted by Gasteiger charge is -2.23. The number of rotatable bonds is 9. The number of hydrogen-bond donors (Lipinski definition) is 2. The number of hydrogen-bond acceptors (Lipinski definition) is 7. The number of amides is 2. The van der Waals surface area contributed by atoms with Crippen LogP contribution >= 0.6 is 0 Å². The lowest BCUT2D eigenvalue weighted by molar-refractivity contribution is -0.130. The van der Waals surface area contributed by atoms with Gasteiger partial charge in [0, 0.05) is 32.2 Å². The maximum Gasteiger partial charge on any atom is 0.244 e. The summed E-state index contributed by atoms with van der Waals surface area (Å²) in [5, 5.41) is 15.3. The van der Waals surface area contributed by atoms with Crippen molar-refractivity contribution in [3.63, 3.8) is 0 Å². The van der Waals surface area contributed by atoms with E-state index >= 15 is 0 Å². The SMILES string of the molecule is COCCN(C)C(=O)[C@H](C)Nc1cc(-c2cnc(NC(=O)C3CC3)cn2)ccc1C#N. The summed E-state index contributed by atoms with van der Waals surface area (Å²) < 4.78 is 5.01. The van der Waals surface area contributed by atoms with E-state index in [1.54, 1.807) is 50.4 Å². The summed E-state index contributed by atoms with van der Waals surface area (Å²) >= 11 is 0. The van der Waals surface area contributed by atoms with Gasteiger partial charge >= 0.3 is 0 Å². The van der Waals surface area contributed by atoms with Gasteiger partial charge in [-0.25, -0.2) is 4.98 Å². The number of nitriles is 1. The Morgan fingerprint density at radius 2 is 2.10 bits per heavy atom. The minimum absolute atomic E-state index is 0.0268. The standard InChI is InChI=1S/C22H26N6O3/c1-14(22(30)28(2)8-9-31-3)26-18-10-16(6-7-17(18)11-23)19-12-25-20(13-24-19)27-21(29)15-4-5-15/h6-7,10,12-15,26H,4-5,8-9H2,1-3H3,(H,25,27,29)/t14-/m0/s1. The highest BCUT2D eigenvalue weighted by Crippen LogP contribution is 2.30. The highest BCUT2D eigenvalue weighted by molar-refractivity contribution is 5.93. The van der Waals surface area contributed by atoms with Crippen molar-refractivity contribution in [1.82, 2.24) is 14.9 Å². The summed E-state index contributed by atoms with van der Waals surface area (Å²) in [4.78, 5) is 34.6. The van der Waals surface area contributed by atoms with Crippen LogP contribution in [0.2, 0.25) is 0 Å². The fourth-order valence-corrected chi connectivity index (χ4v) is 3.00. The second-order valence-electron chi connectivity index (χ2n) is 7.54. The number of benzene rings is 1. The zero-order valence-corrected chi connectivity index (χ0v) is 17.9. The molecule has 2 aromatic rings. The molecule has 1 aromatic heterocycles. The molecule has 162 valence electrons. The van der Waals surface area contributed by atoms with Crippen molar-refractivity contribution in [2.75, 3.05) is 37.9 Å². The van der Waals surface area contributed by atoms with Gasteiger partial charge in [0.1, 0.15) is 12.1 Å². The molecule has 1 heterocycles. The topological polar surface area (TPSA) is 120 Å². The number of carbonyl (C=O) groups excluding carboxylic acids is 2. The Morgan fingerprint density at radius 1 is 1.32 bits per heavy atom. The highest BCUT2D eigenvalue weighted by atomic mass is 16.5. The number of likely N-dealkylation sites (N-methyl/N-ethyl adjacent to an activating group) is 1. The highest BCUT2D eigenvalue weighted by Gasteiger charge is 2.29. The summed E-state index contributed by atoms with van der Waals surface area (Å²) in [6, 6.07) is 6.82. The number of ether oxygens (including phenoxy) is 1. The maximum absolute atomic E-state index is 12.6. The van der Waals surface area contributed by atoms with Gasteiger partial charge in [0.05, 0.1) is 35.9 Å². The molecule has 0 saturated heterocycles. The van der Waals surface area contributed by atoms with Gasteiger partial charge in [-0.3, -0.25) is 14.6 Å². The van der Waals surface area contributed by atoms with Gasteiger partial charge in [-0.15, -0.1) is 0 Å². The van der Waals surface area contributed by atoms with E-state index < -0.39 is 6.04 Å². The fraction of sp³-hybridized carbons (Fsp3) is 0.409. The van der Waals surface area contributed by atoms with Crippen LogP contribution in [0, 0.1) is 17.2 Å². The Balaban J connectivity index is 1.73. The summed E-state index contributed by atoms with van der Waals surface area (Å²) in [6.45, 7) is 2.67. The molecule has 1 saturated carbocycles. The minimum atomic E-state index is -0.532. The molecule has 31 heavy (non-hydrogen) atoms. The third-order valence-electron chi connectivity index (χ3n) is 5.04. The van der Waals surface area contributed by atoms with E-state index in [1.165, 1.54) is 6.20 Å². The van der Waals surface area contributed by atoms with Crippen LogP contribution in [-0.4, -0.2) is 60.0 Å². The first kappa shape index (κ1) is 22.2. The summed E-state index contributed by atoms with van der Waals surface area (Å²) in [6.07, 6.45) is 4.92. The van der Waals surface area contributed by atoms with E-state index in [0.717, 1.165) is 18.4 Å². The Bertz CT molecular complexity index is 982. The average molecular weight is 422 g/mol. The molecule has 0 radical (unpaired) electrons.